The van der Waals surface area contributed by atoms with Crippen LogP contribution in [-0.4, -0.2) is 0 Å². The Hall–Kier alpha value is -1.56. The van der Waals surface area contributed by atoms with Gasteiger partial charge in [0, 0.05) is 0 Å². The largest absolute Gasteiger partial charge is 0.103 e. The number of hydrogen-bond donors (Lipinski definition) is 0. The van der Waals surface area contributed by atoms with Crippen molar-refractivity contribution in [3.63, 3.8) is 0 Å². The van der Waals surface area contributed by atoms with Crippen LogP contribution in [0, 0.1) is 0 Å². The molecule has 1 aliphatic carbocycles. The molecule has 15 heavy (non-hydrogen) atoms. The Morgan fingerprint density at radius 1 is 1.13 bits per heavy atom. The van der Waals surface area contributed by atoms with Gasteiger partial charge in [-0.2, -0.15) is 0 Å². The lowest BCUT2D eigenvalue weighted by molar-refractivity contribution is 1.10. The van der Waals surface area contributed by atoms with Crippen molar-refractivity contribution < 1.29 is 0 Å². The normalized spacial score (nSPS) is 13.2. The Labute approximate surface area is 91.6 Å². The molecule has 0 bridgehead atoms. The lowest BCUT2D eigenvalue weighted by Crippen LogP contribution is -1.88. The van der Waals surface area contributed by atoms with E-state index in [0.29, 0.717) is 0 Å². The highest BCUT2D eigenvalue weighted by molar-refractivity contribution is 5.64. The summed E-state index contributed by atoms with van der Waals surface area (Å²) >= 11 is 0. The van der Waals surface area contributed by atoms with Crippen LogP contribution in [0.15, 0.2) is 49.1 Å². The molecule has 2 rings (SSSR count). The number of hydrogen-bond acceptors (Lipinski definition) is 0. The monoisotopic (exact) mass is 196 g/mol. The van der Waals surface area contributed by atoms with Crippen LogP contribution in [0.1, 0.15) is 23.1 Å². The second-order valence-corrected chi connectivity index (χ2v) is 4.00. The summed E-state index contributed by atoms with van der Waals surface area (Å²) in [6.07, 6.45) is 9.27. The van der Waals surface area contributed by atoms with E-state index in [4.69, 9.17) is 0 Å². The SMILES string of the molecule is C=CCC1=Cc2ccc(CC=C)cc2C1. The van der Waals surface area contributed by atoms with Gasteiger partial charge in [0.05, 0.1) is 0 Å². The van der Waals surface area contributed by atoms with E-state index in [2.05, 4.69) is 37.4 Å². The summed E-state index contributed by atoms with van der Waals surface area (Å²) in [5.74, 6) is 0. The van der Waals surface area contributed by atoms with Crippen molar-refractivity contribution in [1.82, 2.24) is 0 Å². The van der Waals surface area contributed by atoms with E-state index >= 15 is 0 Å². The Balaban J connectivity index is 2.22. The van der Waals surface area contributed by atoms with Gasteiger partial charge in [0.1, 0.15) is 0 Å². The zero-order chi connectivity index (χ0) is 10.7. The van der Waals surface area contributed by atoms with E-state index in [1.54, 1.807) is 0 Å². The smallest absolute Gasteiger partial charge is 0.00546 e. The van der Waals surface area contributed by atoms with Crippen LogP contribution in [0.3, 0.4) is 0 Å². The van der Waals surface area contributed by atoms with Crippen molar-refractivity contribution in [2.75, 3.05) is 0 Å². The van der Waals surface area contributed by atoms with Crippen LogP contribution in [0.5, 0.6) is 0 Å². The number of allylic oxidation sites excluding steroid dienone is 3. The Morgan fingerprint density at radius 2 is 1.93 bits per heavy atom. The Bertz CT molecular complexity index is 422. The average Bonchev–Trinajstić information content (AvgIpc) is 2.60. The molecule has 1 aromatic carbocycles. The second-order valence-electron chi connectivity index (χ2n) is 4.00. The third-order valence-corrected chi connectivity index (χ3v) is 2.77. The maximum atomic E-state index is 3.78. The topological polar surface area (TPSA) is 0 Å². The van der Waals surface area contributed by atoms with Gasteiger partial charge in [0.25, 0.3) is 0 Å². The maximum Gasteiger partial charge on any atom is -0.00546 e. The van der Waals surface area contributed by atoms with Gasteiger partial charge in [-0.3, -0.25) is 0 Å². The van der Waals surface area contributed by atoms with Crippen molar-refractivity contribution in [2.45, 2.75) is 19.3 Å². The van der Waals surface area contributed by atoms with Gasteiger partial charge in [-0.25, -0.2) is 0 Å². The fourth-order valence-electron chi connectivity index (χ4n) is 2.08. The molecule has 0 nitrogen and oxygen atoms in total. The maximum absolute atomic E-state index is 3.78. The Morgan fingerprint density at radius 3 is 2.67 bits per heavy atom. The molecule has 1 aliphatic rings. The van der Waals surface area contributed by atoms with E-state index in [0.717, 1.165) is 19.3 Å². The van der Waals surface area contributed by atoms with Crippen molar-refractivity contribution in [2.24, 2.45) is 0 Å². The molecule has 0 aromatic heterocycles. The zero-order valence-electron chi connectivity index (χ0n) is 9.00. The molecule has 0 spiro atoms. The predicted molar refractivity (Wildman–Crippen MR) is 66.8 cm³/mol. The predicted octanol–water partition coefficient (Wildman–Crippen LogP) is 3.93. The highest BCUT2D eigenvalue weighted by Gasteiger charge is 2.11. The third kappa shape index (κ3) is 2.10. The van der Waals surface area contributed by atoms with Crippen molar-refractivity contribution in [1.29, 1.82) is 0 Å². The first-order valence-electron chi connectivity index (χ1n) is 5.36. The van der Waals surface area contributed by atoms with Crippen LogP contribution >= 0.6 is 0 Å². The van der Waals surface area contributed by atoms with E-state index in [1.165, 1.54) is 22.3 Å². The van der Waals surface area contributed by atoms with Crippen molar-refractivity contribution >= 4 is 6.08 Å². The van der Waals surface area contributed by atoms with E-state index < -0.39 is 0 Å². The molecule has 76 valence electrons. The van der Waals surface area contributed by atoms with Gasteiger partial charge in [-0.15, -0.1) is 13.2 Å². The lowest BCUT2D eigenvalue weighted by atomic mass is 10.0. The molecule has 1 aromatic rings. The molecule has 0 heterocycles. The summed E-state index contributed by atoms with van der Waals surface area (Å²) in [4.78, 5) is 0. The van der Waals surface area contributed by atoms with Crippen LogP contribution in [0.2, 0.25) is 0 Å². The van der Waals surface area contributed by atoms with Crippen LogP contribution < -0.4 is 0 Å². The summed E-state index contributed by atoms with van der Waals surface area (Å²) in [6, 6.07) is 6.70. The molecule has 0 saturated heterocycles. The summed E-state index contributed by atoms with van der Waals surface area (Å²) in [7, 11) is 0. The summed E-state index contributed by atoms with van der Waals surface area (Å²) in [6.45, 7) is 7.55. The number of benzene rings is 1. The van der Waals surface area contributed by atoms with Gasteiger partial charge in [0.15, 0.2) is 0 Å². The fraction of sp³-hybridized carbons (Fsp3) is 0.200. The molecular weight excluding hydrogens is 180 g/mol. The minimum Gasteiger partial charge on any atom is -0.103 e. The van der Waals surface area contributed by atoms with Gasteiger partial charge >= 0.3 is 0 Å². The first-order chi connectivity index (χ1) is 7.33. The van der Waals surface area contributed by atoms with Crippen LogP contribution in [0.25, 0.3) is 6.08 Å². The molecule has 0 N–H and O–H groups in total. The molecule has 0 fully saturated rings. The third-order valence-electron chi connectivity index (χ3n) is 2.77. The number of fused-ring (bicyclic) bond motifs is 1. The molecule has 0 heteroatoms. The minimum absolute atomic E-state index is 0.962. The first kappa shape index (κ1) is 9.97. The van der Waals surface area contributed by atoms with E-state index in [-0.39, 0.29) is 0 Å². The highest BCUT2D eigenvalue weighted by Crippen LogP contribution is 2.27. The van der Waals surface area contributed by atoms with Gasteiger partial charge in [-0.05, 0) is 36.0 Å². The Kier molecular flexibility index (Phi) is 2.86. The summed E-state index contributed by atoms with van der Waals surface area (Å²) in [5.41, 5.74) is 5.65. The van der Waals surface area contributed by atoms with Crippen LogP contribution in [0.4, 0.5) is 0 Å². The molecule has 0 saturated carbocycles. The fourth-order valence-corrected chi connectivity index (χ4v) is 2.08. The zero-order valence-corrected chi connectivity index (χ0v) is 9.00. The van der Waals surface area contributed by atoms with Gasteiger partial charge in [-0.1, -0.05) is 42.0 Å². The number of rotatable bonds is 4. The first-order valence-corrected chi connectivity index (χ1v) is 5.36. The summed E-state index contributed by atoms with van der Waals surface area (Å²) in [5, 5.41) is 0. The van der Waals surface area contributed by atoms with E-state index in [9.17, 15) is 0 Å². The molecule has 0 radical (unpaired) electrons. The molecule has 0 unspecified atom stereocenters. The minimum atomic E-state index is 0.962. The molecular formula is C15H16. The van der Waals surface area contributed by atoms with Gasteiger partial charge < -0.3 is 0 Å². The molecule has 0 amide bonds. The lowest BCUT2D eigenvalue weighted by Gasteiger charge is -2.02. The van der Waals surface area contributed by atoms with Crippen molar-refractivity contribution in [3.8, 4) is 0 Å². The standard InChI is InChI=1S/C15H16/c1-3-5-12-7-8-14-10-13(6-4-2)11-15(14)9-12/h3-4,7-10H,1-2,5-6,11H2. The van der Waals surface area contributed by atoms with Crippen LogP contribution in [-0.2, 0) is 12.8 Å². The van der Waals surface area contributed by atoms with E-state index in [1.807, 2.05) is 12.2 Å². The molecule has 0 aliphatic heterocycles. The van der Waals surface area contributed by atoms with Gasteiger partial charge in [0.2, 0.25) is 0 Å². The van der Waals surface area contributed by atoms with Crippen molar-refractivity contribution in [3.05, 3.63) is 65.8 Å². The quantitative estimate of drug-likeness (QED) is 0.640. The second kappa shape index (κ2) is 4.31. The molecule has 0 atom stereocenters. The highest BCUT2D eigenvalue weighted by atomic mass is 14.2. The average molecular weight is 196 g/mol. The summed E-state index contributed by atoms with van der Waals surface area (Å²) < 4.78 is 0.